The van der Waals surface area contributed by atoms with Gasteiger partial charge in [-0.2, -0.15) is 18.2 Å². The van der Waals surface area contributed by atoms with Gasteiger partial charge in [-0.25, -0.2) is 0 Å². The van der Waals surface area contributed by atoms with E-state index in [0.29, 0.717) is 12.4 Å². The van der Waals surface area contributed by atoms with Gasteiger partial charge < -0.3 is 9.26 Å². The Morgan fingerprint density at radius 1 is 1.21 bits per heavy atom. The van der Waals surface area contributed by atoms with Crippen molar-refractivity contribution in [3.63, 3.8) is 0 Å². The highest BCUT2D eigenvalue weighted by molar-refractivity contribution is 5.55. The highest BCUT2D eigenvalue weighted by Gasteiger charge is 2.31. The molecule has 1 aromatic carbocycles. The molecular weight excluding hydrogens is 323 g/mol. The van der Waals surface area contributed by atoms with E-state index in [-0.39, 0.29) is 23.6 Å². The zero-order valence-electron chi connectivity index (χ0n) is 13.4. The Morgan fingerprint density at radius 3 is 2.58 bits per heavy atom. The average Bonchev–Trinajstić information content (AvgIpc) is 2.94. The number of alkyl halides is 3. The molecule has 0 spiro atoms. The lowest BCUT2D eigenvalue weighted by Gasteiger charge is -2.34. The van der Waals surface area contributed by atoms with E-state index in [4.69, 9.17) is 9.26 Å². The maximum atomic E-state index is 12.8. The van der Waals surface area contributed by atoms with Crippen LogP contribution >= 0.6 is 0 Å². The normalized spacial score (nSPS) is 22.7. The minimum absolute atomic E-state index is 0.111. The van der Waals surface area contributed by atoms with Crippen molar-refractivity contribution in [3.8, 4) is 11.4 Å². The van der Waals surface area contributed by atoms with Crippen LogP contribution in [0.15, 0.2) is 28.8 Å². The summed E-state index contributed by atoms with van der Waals surface area (Å²) >= 11 is 0. The van der Waals surface area contributed by atoms with Crippen LogP contribution in [0.5, 0.6) is 0 Å². The third-order valence-electron chi connectivity index (χ3n) is 3.77. The second-order valence-electron chi connectivity index (χ2n) is 6.04. The van der Waals surface area contributed by atoms with Crippen LogP contribution in [0, 0.1) is 0 Å². The molecule has 2 aromatic rings. The predicted molar refractivity (Wildman–Crippen MR) is 80.0 cm³/mol. The number of hydrogen-bond acceptors (Lipinski definition) is 5. The number of halogens is 3. The summed E-state index contributed by atoms with van der Waals surface area (Å²) in [6, 6.07) is 4.90. The number of morpholine rings is 1. The Kier molecular flexibility index (Phi) is 4.60. The number of benzene rings is 1. The summed E-state index contributed by atoms with van der Waals surface area (Å²) in [5.74, 6) is 0.536. The molecule has 8 heteroatoms. The molecule has 1 aromatic heterocycles. The van der Waals surface area contributed by atoms with Gasteiger partial charge in [0.25, 0.3) is 0 Å². The second kappa shape index (κ2) is 6.52. The molecule has 1 saturated heterocycles. The van der Waals surface area contributed by atoms with Crippen molar-refractivity contribution < 1.29 is 22.4 Å². The van der Waals surface area contributed by atoms with Gasteiger partial charge in [-0.3, -0.25) is 4.90 Å². The molecule has 0 unspecified atom stereocenters. The lowest BCUT2D eigenvalue weighted by Crippen LogP contribution is -2.44. The first-order chi connectivity index (χ1) is 11.3. The molecule has 0 saturated carbocycles. The predicted octanol–water partition coefficient (Wildman–Crippen LogP) is 3.36. The number of nitrogens with zero attached hydrogens (tertiary/aromatic N) is 3. The van der Waals surface area contributed by atoms with Gasteiger partial charge in [0.2, 0.25) is 11.7 Å². The van der Waals surface area contributed by atoms with Crippen LogP contribution in [-0.4, -0.2) is 40.3 Å². The monoisotopic (exact) mass is 341 g/mol. The van der Waals surface area contributed by atoms with E-state index in [1.54, 1.807) is 0 Å². The van der Waals surface area contributed by atoms with E-state index in [1.807, 2.05) is 13.8 Å². The highest BCUT2D eigenvalue weighted by Crippen LogP contribution is 2.31. The molecule has 2 atom stereocenters. The molecule has 1 aliphatic rings. The lowest BCUT2D eigenvalue weighted by atomic mass is 10.1. The van der Waals surface area contributed by atoms with E-state index in [2.05, 4.69) is 15.0 Å². The van der Waals surface area contributed by atoms with E-state index < -0.39 is 11.7 Å². The van der Waals surface area contributed by atoms with E-state index >= 15 is 0 Å². The van der Waals surface area contributed by atoms with Crippen molar-refractivity contribution in [1.82, 2.24) is 15.0 Å². The van der Waals surface area contributed by atoms with Crippen LogP contribution in [0.3, 0.4) is 0 Å². The maximum Gasteiger partial charge on any atom is 0.416 e. The molecule has 0 bridgehead atoms. The standard InChI is InChI=1S/C16H18F3N3O2/c1-10-7-22(8-11(2)23-10)9-14-20-15(21-24-14)12-4-3-5-13(6-12)16(17,18)19/h3-6,10-11H,7-9H2,1-2H3/t10-,11+. The molecule has 5 nitrogen and oxygen atoms in total. The van der Waals surface area contributed by atoms with E-state index in [1.165, 1.54) is 12.1 Å². The van der Waals surface area contributed by atoms with Gasteiger partial charge in [-0.15, -0.1) is 0 Å². The highest BCUT2D eigenvalue weighted by atomic mass is 19.4. The van der Waals surface area contributed by atoms with E-state index in [0.717, 1.165) is 25.2 Å². The Labute approximate surface area is 137 Å². The molecule has 130 valence electrons. The van der Waals surface area contributed by atoms with Gasteiger partial charge in [0, 0.05) is 18.7 Å². The summed E-state index contributed by atoms with van der Waals surface area (Å²) in [5.41, 5.74) is -0.453. The average molecular weight is 341 g/mol. The first-order valence-corrected chi connectivity index (χ1v) is 7.69. The second-order valence-corrected chi connectivity index (χ2v) is 6.04. The fourth-order valence-electron chi connectivity index (χ4n) is 2.88. The zero-order chi connectivity index (χ0) is 17.3. The van der Waals surface area contributed by atoms with Crippen LogP contribution in [0.2, 0.25) is 0 Å². The first kappa shape index (κ1) is 16.9. The molecule has 0 radical (unpaired) electrons. The molecule has 0 N–H and O–H groups in total. The van der Waals surface area contributed by atoms with E-state index in [9.17, 15) is 13.2 Å². The van der Waals surface area contributed by atoms with Crippen molar-refractivity contribution in [2.75, 3.05) is 13.1 Å². The third kappa shape index (κ3) is 3.93. The van der Waals surface area contributed by atoms with Crippen LogP contribution in [0.25, 0.3) is 11.4 Å². The summed E-state index contributed by atoms with van der Waals surface area (Å²) < 4.78 is 49.2. The molecule has 0 amide bonds. The topological polar surface area (TPSA) is 51.4 Å². The van der Waals surface area contributed by atoms with Crippen molar-refractivity contribution in [2.45, 2.75) is 38.8 Å². The molecular formula is C16H18F3N3O2. The van der Waals surface area contributed by atoms with Gasteiger partial charge in [0.05, 0.1) is 24.3 Å². The summed E-state index contributed by atoms with van der Waals surface area (Å²) in [7, 11) is 0. The Morgan fingerprint density at radius 2 is 1.92 bits per heavy atom. The quantitative estimate of drug-likeness (QED) is 0.857. The molecule has 3 rings (SSSR count). The third-order valence-corrected chi connectivity index (χ3v) is 3.77. The number of rotatable bonds is 3. The van der Waals surface area contributed by atoms with Crippen LogP contribution in [-0.2, 0) is 17.5 Å². The molecule has 2 heterocycles. The minimum atomic E-state index is -4.40. The van der Waals surface area contributed by atoms with Crippen molar-refractivity contribution in [3.05, 3.63) is 35.7 Å². The number of aromatic nitrogens is 2. The largest absolute Gasteiger partial charge is 0.416 e. The summed E-state index contributed by atoms with van der Waals surface area (Å²) in [4.78, 5) is 6.35. The Bertz CT molecular complexity index is 692. The summed E-state index contributed by atoms with van der Waals surface area (Å²) in [6.07, 6.45) is -4.18. The summed E-state index contributed by atoms with van der Waals surface area (Å²) in [5, 5.41) is 3.80. The number of ether oxygens (including phenoxy) is 1. The maximum absolute atomic E-state index is 12.8. The van der Waals surface area contributed by atoms with Gasteiger partial charge >= 0.3 is 6.18 Å². The van der Waals surface area contributed by atoms with Gasteiger partial charge in [-0.05, 0) is 26.0 Å². The van der Waals surface area contributed by atoms with Crippen LogP contribution < -0.4 is 0 Å². The Balaban J connectivity index is 1.74. The summed E-state index contributed by atoms with van der Waals surface area (Å²) in [6.45, 7) is 5.91. The van der Waals surface area contributed by atoms with Crippen LogP contribution in [0.1, 0.15) is 25.3 Å². The molecule has 24 heavy (non-hydrogen) atoms. The van der Waals surface area contributed by atoms with Crippen LogP contribution in [0.4, 0.5) is 13.2 Å². The fourth-order valence-corrected chi connectivity index (χ4v) is 2.88. The van der Waals surface area contributed by atoms with Gasteiger partial charge in [-0.1, -0.05) is 17.3 Å². The molecule has 1 fully saturated rings. The minimum Gasteiger partial charge on any atom is -0.373 e. The van der Waals surface area contributed by atoms with Gasteiger partial charge in [0.1, 0.15) is 0 Å². The molecule has 1 aliphatic heterocycles. The first-order valence-electron chi connectivity index (χ1n) is 7.69. The van der Waals surface area contributed by atoms with Crippen molar-refractivity contribution in [1.29, 1.82) is 0 Å². The fraction of sp³-hybridized carbons (Fsp3) is 0.500. The lowest BCUT2D eigenvalue weighted by molar-refractivity contribution is -0.137. The zero-order valence-corrected chi connectivity index (χ0v) is 13.4. The van der Waals surface area contributed by atoms with Crippen molar-refractivity contribution >= 4 is 0 Å². The van der Waals surface area contributed by atoms with Gasteiger partial charge in [0.15, 0.2) is 0 Å². The molecule has 0 aliphatic carbocycles. The Hall–Kier alpha value is -1.93. The van der Waals surface area contributed by atoms with Crippen molar-refractivity contribution in [2.24, 2.45) is 0 Å². The number of hydrogen-bond donors (Lipinski definition) is 0. The SMILES string of the molecule is C[C@@H]1CN(Cc2nc(-c3cccc(C(F)(F)F)c3)no2)C[C@H](C)O1. The smallest absolute Gasteiger partial charge is 0.373 e.